The van der Waals surface area contributed by atoms with Crippen molar-refractivity contribution >= 4 is 5.91 Å². The van der Waals surface area contributed by atoms with E-state index in [4.69, 9.17) is 4.74 Å². The lowest BCUT2D eigenvalue weighted by atomic mass is 9.94. The van der Waals surface area contributed by atoms with Crippen LogP contribution < -0.4 is 15.2 Å². The van der Waals surface area contributed by atoms with E-state index in [-0.39, 0.29) is 23.7 Å². The summed E-state index contributed by atoms with van der Waals surface area (Å²) in [6.45, 7) is 0.803. The second-order valence-corrected chi connectivity index (χ2v) is 8.24. The average molecular weight is 415 g/mol. The van der Waals surface area contributed by atoms with Gasteiger partial charge in [0, 0.05) is 23.9 Å². The van der Waals surface area contributed by atoms with Gasteiger partial charge in [0.2, 0.25) is 5.43 Å². The Morgan fingerprint density at radius 2 is 1.68 bits per heavy atom. The third kappa shape index (κ3) is 2.73. The molecule has 1 fully saturated rings. The van der Waals surface area contributed by atoms with Gasteiger partial charge in [-0.05, 0) is 30.0 Å². The van der Waals surface area contributed by atoms with Crippen molar-refractivity contribution in [2.75, 3.05) is 11.7 Å². The molecule has 156 valence electrons. The zero-order valence-corrected chi connectivity index (χ0v) is 16.8. The SMILES string of the molecule is O=C1c2c(O)c(=O)ccn2N(C2c3ccccc3COc3ccccc32)CN1C1CC1. The first-order valence-corrected chi connectivity index (χ1v) is 10.5. The Bertz CT molecular complexity index is 1220. The number of carbonyl (C=O) groups is 1. The lowest BCUT2D eigenvalue weighted by molar-refractivity contribution is 0.0665. The minimum absolute atomic E-state index is 0.0192. The molecule has 1 unspecified atom stereocenters. The van der Waals surface area contributed by atoms with E-state index in [2.05, 4.69) is 6.07 Å². The van der Waals surface area contributed by atoms with Gasteiger partial charge in [0.15, 0.2) is 11.4 Å². The first kappa shape index (κ1) is 18.1. The van der Waals surface area contributed by atoms with E-state index in [1.54, 1.807) is 15.8 Å². The van der Waals surface area contributed by atoms with E-state index in [9.17, 15) is 14.7 Å². The van der Waals surface area contributed by atoms with E-state index in [0.717, 1.165) is 35.3 Å². The second kappa shape index (κ2) is 6.63. The highest BCUT2D eigenvalue weighted by Crippen LogP contribution is 2.41. The number of nitrogens with zero attached hydrogens (tertiary/aromatic N) is 3. The number of hydrogen-bond acceptors (Lipinski definition) is 5. The molecule has 1 N–H and O–H groups in total. The molecular weight excluding hydrogens is 394 g/mol. The highest BCUT2D eigenvalue weighted by molar-refractivity contribution is 5.96. The van der Waals surface area contributed by atoms with Crippen molar-refractivity contribution in [3.05, 3.63) is 93.4 Å². The summed E-state index contributed by atoms with van der Waals surface area (Å²) in [5.74, 6) is -0.0277. The molecule has 1 amide bonds. The van der Waals surface area contributed by atoms with Crippen molar-refractivity contribution in [3.63, 3.8) is 0 Å². The van der Waals surface area contributed by atoms with Crippen LogP contribution in [0.3, 0.4) is 0 Å². The summed E-state index contributed by atoms with van der Waals surface area (Å²) >= 11 is 0. The zero-order chi connectivity index (χ0) is 21.1. The Balaban J connectivity index is 1.61. The maximum Gasteiger partial charge on any atom is 0.278 e. The largest absolute Gasteiger partial charge is 0.502 e. The van der Waals surface area contributed by atoms with Crippen LogP contribution in [0.25, 0.3) is 0 Å². The highest BCUT2D eigenvalue weighted by Gasteiger charge is 2.43. The monoisotopic (exact) mass is 415 g/mol. The molecule has 31 heavy (non-hydrogen) atoms. The molecule has 0 bridgehead atoms. The number of carbonyl (C=O) groups excluding carboxylic acids is 1. The maximum absolute atomic E-state index is 13.2. The van der Waals surface area contributed by atoms with Gasteiger partial charge in [-0.2, -0.15) is 0 Å². The molecule has 3 aromatic rings. The summed E-state index contributed by atoms with van der Waals surface area (Å²) in [6, 6.07) is 17.2. The molecule has 1 saturated carbocycles. The number of rotatable bonds is 2. The third-order valence-corrected chi connectivity index (χ3v) is 6.32. The molecule has 0 spiro atoms. The highest BCUT2D eigenvalue weighted by atomic mass is 16.5. The fourth-order valence-electron chi connectivity index (χ4n) is 4.64. The molecule has 1 aromatic heterocycles. The normalized spacial score (nSPS) is 19.7. The van der Waals surface area contributed by atoms with Crippen LogP contribution in [-0.2, 0) is 6.61 Å². The molecule has 3 aliphatic rings. The number of pyridine rings is 1. The Morgan fingerprint density at radius 1 is 0.935 bits per heavy atom. The number of fused-ring (bicyclic) bond motifs is 3. The van der Waals surface area contributed by atoms with Gasteiger partial charge < -0.3 is 14.7 Å². The molecule has 2 aliphatic heterocycles. The van der Waals surface area contributed by atoms with Gasteiger partial charge in [-0.3, -0.25) is 19.3 Å². The zero-order valence-electron chi connectivity index (χ0n) is 16.8. The van der Waals surface area contributed by atoms with E-state index in [0.29, 0.717) is 13.3 Å². The first-order valence-electron chi connectivity index (χ1n) is 10.5. The van der Waals surface area contributed by atoms with Gasteiger partial charge >= 0.3 is 0 Å². The maximum atomic E-state index is 13.2. The van der Waals surface area contributed by atoms with Gasteiger partial charge in [0.1, 0.15) is 25.1 Å². The summed E-state index contributed by atoms with van der Waals surface area (Å²) in [7, 11) is 0. The lowest BCUT2D eigenvalue weighted by Gasteiger charge is -2.44. The van der Waals surface area contributed by atoms with Crippen molar-refractivity contribution in [2.45, 2.75) is 31.5 Å². The van der Waals surface area contributed by atoms with Gasteiger partial charge in [-0.25, -0.2) is 0 Å². The van der Waals surface area contributed by atoms with Crippen LogP contribution in [0.15, 0.2) is 65.6 Å². The van der Waals surface area contributed by atoms with E-state index >= 15 is 0 Å². The van der Waals surface area contributed by atoms with E-state index < -0.39 is 11.2 Å². The molecule has 2 aromatic carbocycles. The molecule has 1 atom stereocenters. The molecular formula is C24H21N3O4. The van der Waals surface area contributed by atoms with Crippen molar-refractivity contribution in [3.8, 4) is 11.5 Å². The van der Waals surface area contributed by atoms with Gasteiger partial charge in [-0.15, -0.1) is 0 Å². The Labute approximate surface area is 178 Å². The summed E-state index contributed by atoms with van der Waals surface area (Å²) in [4.78, 5) is 27.2. The number of benzene rings is 2. The van der Waals surface area contributed by atoms with Crippen LogP contribution in [-0.4, -0.2) is 33.3 Å². The predicted molar refractivity (Wildman–Crippen MR) is 114 cm³/mol. The first-order chi connectivity index (χ1) is 15.1. The van der Waals surface area contributed by atoms with Crippen LogP contribution in [0, 0.1) is 0 Å². The van der Waals surface area contributed by atoms with Crippen molar-refractivity contribution < 1.29 is 14.6 Å². The fraction of sp³-hybridized carbons (Fsp3) is 0.250. The Hall–Kier alpha value is -3.74. The molecule has 0 saturated heterocycles. The number of amides is 1. The molecule has 0 radical (unpaired) electrons. The van der Waals surface area contributed by atoms with Crippen LogP contribution >= 0.6 is 0 Å². The minimum atomic E-state index is -0.554. The number of hydrogen-bond donors (Lipinski definition) is 1. The summed E-state index contributed by atoms with van der Waals surface area (Å²) in [6.07, 6.45) is 3.44. The van der Waals surface area contributed by atoms with Gasteiger partial charge in [0.25, 0.3) is 5.91 Å². The number of para-hydroxylation sites is 1. The van der Waals surface area contributed by atoms with Crippen molar-refractivity contribution in [1.82, 2.24) is 9.58 Å². The van der Waals surface area contributed by atoms with Crippen LogP contribution in [0.5, 0.6) is 11.5 Å². The number of ether oxygens (including phenoxy) is 1. The van der Waals surface area contributed by atoms with Crippen LogP contribution in [0.1, 0.15) is 46.1 Å². The summed E-state index contributed by atoms with van der Waals surface area (Å²) in [5, 5.41) is 12.6. The van der Waals surface area contributed by atoms with E-state index in [1.165, 1.54) is 6.07 Å². The molecule has 7 nitrogen and oxygen atoms in total. The topological polar surface area (TPSA) is 75.0 Å². The van der Waals surface area contributed by atoms with Crippen molar-refractivity contribution in [1.29, 1.82) is 0 Å². The minimum Gasteiger partial charge on any atom is -0.502 e. The quantitative estimate of drug-likeness (QED) is 0.697. The smallest absolute Gasteiger partial charge is 0.278 e. The molecule has 7 heteroatoms. The fourth-order valence-corrected chi connectivity index (χ4v) is 4.64. The van der Waals surface area contributed by atoms with Crippen LogP contribution in [0.2, 0.25) is 0 Å². The predicted octanol–water partition coefficient (Wildman–Crippen LogP) is 2.75. The molecule has 6 rings (SSSR count). The number of aromatic nitrogens is 1. The Morgan fingerprint density at radius 3 is 2.48 bits per heavy atom. The van der Waals surface area contributed by atoms with E-state index in [1.807, 2.05) is 47.5 Å². The molecule has 3 heterocycles. The van der Waals surface area contributed by atoms with Crippen LogP contribution in [0.4, 0.5) is 0 Å². The second-order valence-electron chi connectivity index (χ2n) is 8.24. The van der Waals surface area contributed by atoms with Gasteiger partial charge in [0.05, 0.1) is 0 Å². The summed E-state index contributed by atoms with van der Waals surface area (Å²) < 4.78 is 7.76. The standard InChI is InChI=1S/C24H21N3O4/c28-19-11-12-26-22(23(19)29)24(30)25(16-9-10-16)14-27(26)21-17-6-2-1-5-15(17)13-31-20-8-4-3-7-18(20)21/h1-8,11-12,16,21,29H,9-10,13-14H2. The number of aromatic hydroxyl groups is 1. The lowest BCUT2D eigenvalue weighted by Crippen LogP contribution is -2.56. The Kier molecular flexibility index (Phi) is 3.86. The summed E-state index contributed by atoms with van der Waals surface area (Å²) in [5.41, 5.74) is 2.57. The van der Waals surface area contributed by atoms with Crippen molar-refractivity contribution in [2.24, 2.45) is 0 Å². The average Bonchev–Trinajstić information content (AvgIpc) is 3.63. The third-order valence-electron chi connectivity index (χ3n) is 6.32. The molecule has 1 aliphatic carbocycles. The van der Waals surface area contributed by atoms with Gasteiger partial charge in [-0.1, -0.05) is 42.5 Å².